The molecular weight excluding hydrogens is 573 g/mol. The fourth-order valence-corrected chi connectivity index (χ4v) is 9.66. The molecule has 36 heavy (non-hydrogen) atoms. The van der Waals surface area contributed by atoms with E-state index in [-0.39, 0.29) is 23.0 Å². The second-order valence-electron chi connectivity index (χ2n) is 9.77. The number of carbonyl (C=O) groups excluding carboxylic acids is 1. The van der Waals surface area contributed by atoms with Gasteiger partial charge in [-0.3, -0.25) is 14.2 Å². The molecule has 5 atom stereocenters. The third kappa shape index (κ3) is 4.24. The zero-order valence-electron chi connectivity index (χ0n) is 18.9. The van der Waals surface area contributed by atoms with Crippen molar-refractivity contribution in [1.29, 1.82) is 0 Å². The summed E-state index contributed by atoms with van der Waals surface area (Å²) in [6.07, 6.45) is -0.861. The summed E-state index contributed by atoms with van der Waals surface area (Å²) in [5.74, 6) is 1.31. The van der Waals surface area contributed by atoms with Gasteiger partial charge in [0.1, 0.15) is 6.54 Å². The van der Waals surface area contributed by atoms with Crippen LogP contribution < -0.4 is 10.2 Å². The van der Waals surface area contributed by atoms with E-state index in [1.165, 1.54) is 52.9 Å². The van der Waals surface area contributed by atoms with Gasteiger partial charge in [-0.05, 0) is 72.9 Å². The number of benzene rings is 2. The van der Waals surface area contributed by atoms with Crippen molar-refractivity contribution >= 4 is 50.6 Å². The lowest BCUT2D eigenvalue weighted by molar-refractivity contribution is -0.137. The molecule has 188 valence electrons. The number of aromatic nitrogens is 1. The molecule has 10 heteroatoms. The molecule has 0 saturated heterocycles. The van der Waals surface area contributed by atoms with E-state index >= 15 is 0 Å². The van der Waals surface area contributed by atoms with Gasteiger partial charge in [0.15, 0.2) is 0 Å². The van der Waals surface area contributed by atoms with Crippen molar-refractivity contribution in [3.8, 4) is 0 Å². The van der Waals surface area contributed by atoms with Crippen molar-refractivity contribution in [2.24, 2.45) is 17.8 Å². The van der Waals surface area contributed by atoms with E-state index in [4.69, 9.17) is 0 Å². The molecule has 0 radical (unpaired) electrons. The highest BCUT2D eigenvalue weighted by molar-refractivity contribution is 9.10. The lowest BCUT2D eigenvalue weighted by Crippen LogP contribution is -2.34. The summed E-state index contributed by atoms with van der Waals surface area (Å²) >= 11 is 6.44. The number of fused-ring (bicyclic) bond motifs is 6. The predicted molar refractivity (Wildman–Crippen MR) is 139 cm³/mol. The summed E-state index contributed by atoms with van der Waals surface area (Å²) in [6, 6.07) is 12.8. The van der Waals surface area contributed by atoms with E-state index in [2.05, 4.69) is 33.4 Å². The maximum absolute atomic E-state index is 13.1. The van der Waals surface area contributed by atoms with E-state index in [1.807, 2.05) is 12.1 Å². The van der Waals surface area contributed by atoms with E-state index < -0.39 is 17.6 Å². The topological polar surface area (TPSA) is 51.1 Å². The van der Waals surface area contributed by atoms with E-state index in [0.29, 0.717) is 23.0 Å². The quantitative estimate of drug-likeness (QED) is 0.354. The Hall–Kier alpha value is -2.04. The molecule has 1 aromatic heterocycles. The number of hydrogen-bond donors (Lipinski definition) is 1. The number of nitrogens with zero attached hydrogens (tertiary/aromatic N) is 1. The van der Waals surface area contributed by atoms with Crippen LogP contribution in [0, 0.1) is 17.8 Å². The van der Waals surface area contributed by atoms with Crippen LogP contribution in [0.4, 0.5) is 18.9 Å². The van der Waals surface area contributed by atoms with Crippen molar-refractivity contribution in [3.05, 3.63) is 78.7 Å². The van der Waals surface area contributed by atoms with Crippen LogP contribution in [0.3, 0.4) is 0 Å². The predicted octanol–water partition coefficient (Wildman–Crippen LogP) is 6.98. The summed E-state index contributed by atoms with van der Waals surface area (Å²) in [7, 11) is 0. The molecule has 3 aromatic rings. The molecule has 2 saturated carbocycles. The number of thioether (sulfide) groups is 1. The number of nitrogens with one attached hydrogen (secondary N) is 1. The summed E-state index contributed by atoms with van der Waals surface area (Å²) in [5, 5.41) is 3.78. The van der Waals surface area contributed by atoms with Crippen LogP contribution in [0.1, 0.15) is 41.2 Å². The molecule has 2 fully saturated rings. The highest BCUT2D eigenvalue weighted by Gasteiger charge is 2.55. The Morgan fingerprint density at radius 3 is 2.61 bits per heavy atom. The van der Waals surface area contributed by atoms with Crippen LogP contribution in [0.15, 0.2) is 62.8 Å². The normalized spacial score (nSPS) is 26.5. The van der Waals surface area contributed by atoms with Gasteiger partial charge in [0.25, 0.3) is 0 Å². The van der Waals surface area contributed by atoms with Gasteiger partial charge in [0.2, 0.25) is 5.91 Å². The van der Waals surface area contributed by atoms with Gasteiger partial charge >= 0.3 is 11.0 Å². The van der Waals surface area contributed by atoms with Crippen molar-refractivity contribution in [2.75, 3.05) is 5.32 Å². The van der Waals surface area contributed by atoms with E-state index in [9.17, 15) is 22.8 Å². The van der Waals surface area contributed by atoms with Crippen molar-refractivity contribution in [3.63, 3.8) is 0 Å². The smallest absolute Gasteiger partial charge is 0.325 e. The van der Waals surface area contributed by atoms with Gasteiger partial charge in [-0.25, -0.2) is 0 Å². The summed E-state index contributed by atoms with van der Waals surface area (Å²) in [5.41, 5.74) is 0.408. The number of amides is 1. The Kier molecular flexibility index (Phi) is 6.12. The molecule has 1 aliphatic heterocycles. The molecule has 3 aliphatic rings. The Bertz CT molecular complexity index is 1390. The lowest BCUT2D eigenvalue weighted by Gasteiger charge is -2.40. The molecule has 2 bridgehead atoms. The summed E-state index contributed by atoms with van der Waals surface area (Å²) in [6.45, 7) is -0.230. The first-order chi connectivity index (χ1) is 17.2. The molecule has 2 aromatic carbocycles. The van der Waals surface area contributed by atoms with Gasteiger partial charge in [0, 0.05) is 26.2 Å². The third-order valence-electron chi connectivity index (χ3n) is 7.70. The van der Waals surface area contributed by atoms with Crippen LogP contribution in [-0.2, 0) is 17.5 Å². The van der Waals surface area contributed by atoms with Crippen LogP contribution in [0.25, 0.3) is 0 Å². The summed E-state index contributed by atoms with van der Waals surface area (Å²) in [4.78, 5) is 26.8. The van der Waals surface area contributed by atoms with Gasteiger partial charge in [0.05, 0.1) is 10.6 Å². The molecule has 4 nitrogen and oxygen atoms in total. The zero-order chi connectivity index (χ0) is 25.2. The molecule has 1 N–H and O–H groups in total. The van der Waals surface area contributed by atoms with Crippen LogP contribution in [-0.4, -0.2) is 15.7 Å². The van der Waals surface area contributed by atoms with Gasteiger partial charge in [-0.2, -0.15) is 13.2 Å². The average Bonchev–Trinajstić information content (AvgIpc) is 3.52. The highest BCUT2D eigenvalue weighted by atomic mass is 79.9. The first-order valence-electron chi connectivity index (χ1n) is 11.8. The number of alkyl halides is 3. The van der Waals surface area contributed by atoms with Crippen molar-refractivity contribution < 1.29 is 18.0 Å². The fraction of sp³-hybridized carbons (Fsp3) is 0.385. The van der Waals surface area contributed by atoms with Crippen LogP contribution >= 0.6 is 39.0 Å². The standard InChI is InChI=1S/C26H22BrF3N2O2S2/c27-17-8-6-13(7-9-17)20-21-14-4-5-15(10-14)22(21)35-24-23(20)36-25(34)32(24)12-19(33)31-18-3-1-2-16(11-18)26(28,29)30/h1-3,6-9,11,14-15,20-22H,4-5,10,12H2,(H,31,33)/t14?,15?,20-,21?,22?/m0/s1. The minimum atomic E-state index is -4.50. The van der Waals surface area contributed by atoms with Crippen LogP contribution in [0.2, 0.25) is 0 Å². The van der Waals surface area contributed by atoms with Gasteiger partial charge in [-0.1, -0.05) is 45.5 Å². The number of halogens is 4. The number of rotatable bonds is 4. The maximum Gasteiger partial charge on any atom is 0.416 e. The number of thiazole rings is 1. The van der Waals surface area contributed by atoms with Gasteiger partial charge < -0.3 is 5.32 Å². The Morgan fingerprint density at radius 1 is 1.11 bits per heavy atom. The second kappa shape index (κ2) is 9.06. The SMILES string of the molecule is O=C(Cn1c2c(sc1=O)[C@@H](c1ccc(Br)cc1)C1C3CCC(C3)C1S2)Nc1cccc(C(F)(F)F)c1. The molecular formula is C26H22BrF3N2O2S2. The number of carbonyl (C=O) groups is 1. The van der Waals surface area contributed by atoms with Crippen molar-refractivity contribution in [2.45, 2.75) is 48.2 Å². The molecule has 2 heterocycles. The Labute approximate surface area is 222 Å². The molecule has 4 unspecified atom stereocenters. The minimum absolute atomic E-state index is 0.0560. The lowest BCUT2D eigenvalue weighted by atomic mass is 9.75. The fourth-order valence-electron chi connectivity index (χ4n) is 6.25. The first-order valence-corrected chi connectivity index (χ1v) is 14.3. The first kappa shape index (κ1) is 24.3. The maximum atomic E-state index is 13.1. The van der Waals surface area contributed by atoms with Gasteiger partial charge in [-0.15, -0.1) is 11.8 Å². The average molecular weight is 596 g/mol. The number of hydrogen-bond acceptors (Lipinski definition) is 4. The van der Waals surface area contributed by atoms with E-state index in [1.54, 1.807) is 11.8 Å². The highest BCUT2D eigenvalue weighted by Crippen LogP contribution is 2.64. The van der Waals surface area contributed by atoms with Crippen molar-refractivity contribution in [1.82, 2.24) is 4.57 Å². The Morgan fingerprint density at radius 2 is 1.86 bits per heavy atom. The monoisotopic (exact) mass is 594 g/mol. The zero-order valence-corrected chi connectivity index (χ0v) is 22.1. The molecule has 2 aliphatic carbocycles. The van der Waals surface area contributed by atoms with E-state index in [0.717, 1.165) is 26.5 Å². The number of anilines is 1. The molecule has 6 rings (SSSR count). The molecule has 0 spiro atoms. The minimum Gasteiger partial charge on any atom is -0.325 e. The molecule has 1 amide bonds. The summed E-state index contributed by atoms with van der Waals surface area (Å²) < 4.78 is 41.7. The Balaban J connectivity index is 1.32. The largest absolute Gasteiger partial charge is 0.416 e. The third-order valence-corrected chi connectivity index (χ3v) is 11.1. The van der Waals surface area contributed by atoms with Crippen LogP contribution in [0.5, 0.6) is 0 Å². The second-order valence-corrected chi connectivity index (χ2v) is 12.8.